The molecular formula is C25H29N3O4Si. The molecular weight excluding hydrogens is 434 g/mol. The fourth-order valence-corrected chi connectivity index (χ4v) is 4.48. The summed E-state index contributed by atoms with van der Waals surface area (Å²) < 4.78 is 5.20. The highest BCUT2D eigenvalue weighted by Crippen LogP contribution is 2.20. The highest BCUT2D eigenvalue weighted by atomic mass is 28.3. The zero-order chi connectivity index (χ0) is 24.0. The van der Waals surface area contributed by atoms with Gasteiger partial charge in [0.05, 0.1) is 21.6 Å². The summed E-state index contributed by atoms with van der Waals surface area (Å²) in [5.74, 6) is -0.0396. The minimum atomic E-state index is -1.45. The van der Waals surface area contributed by atoms with Crippen molar-refractivity contribution in [2.75, 3.05) is 12.4 Å². The summed E-state index contributed by atoms with van der Waals surface area (Å²) >= 11 is 0. The molecule has 1 atom stereocenters. The van der Waals surface area contributed by atoms with E-state index in [9.17, 15) is 14.4 Å². The van der Waals surface area contributed by atoms with Crippen LogP contribution in [0, 0.1) is 0 Å². The summed E-state index contributed by atoms with van der Waals surface area (Å²) in [4.78, 5) is 39.7. The molecule has 0 aliphatic heterocycles. The molecule has 1 aromatic heterocycles. The van der Waals surface area contributed by atoms with Crippen LogP contribution in [0.1, 0.15) is 17.2 Å². The van der Waals surface area contributed by atoms with Crippen molar-refractivity contribution < 1.29 is 14.3 Å². The lowest BCUT2D eigenvalue weighted by molar-refractivity contribution is -0.126. The van der Waals surface area contributed by atoms with Gasteiger partial charge in [0.25, 0.3) is 5.91 Å². The molecule has 1 heterocycles. The SMILES string of the molecule is COc1ccc([C@@H](NC(=O)Cc2ccc(=O)[nH]c2)C(=O)Nc2ccc([Si](C)(C)C)cc2)cc1. The smallest absolute Gasteiger partial charge is 0.251 e. The van der Waals surface area contributed by atoms with Gasteiger partial charge in [0.15, 0.2) is 0 Å². The van der Waals surface area contributed by atoms with Gasteiger partial charge < -0.3 is 20.4 Å². The van der Waals surface area contributed by atoms with E-state index in [0.717, 1.165) is 0 Å². The number of pyridine rings is 1. The molecule has 2 amide bonds. The van der Waals surface area contributed by atoms with Crippen molar-refractivity contribution in [2.24, 2.45) is 0 Å². The number of hydrogen-bond donors (Lipinski definition) is 3. The average Bonchev–Trinajstić information content (AvgIpc) is 2.79. The molecule has 0 radical (unpaired) electrons. The predicted molar refractivity (Wildman–Crippen MR) is 133 cm³/mol. The Balaban J connectivity index is 1.79. The van der Waals surface area contributed by atoms with Crippen LogP contribution in [-0.4, -0.2) is 32.0 Å². The molecule has 0 unspecified atom stereocenters. The monoisotopic (exact) mass is 463 g/mol. The minimum absolute atomic E-state index is 0.0294. The molecule has 172 valence electrons. The molecule has 2 aromatic carbocycles. The van der Waals surface area contributed by atoms with Crippen molar-refractivity contribution in [3.8, 4) is 5.75 Å². The van der Waals surface area contributed by atoms with Gasteiger partial charge in [0.2, 0.25) is 11.5 Å². The van der Waals surface area contributed by atoms with Crippen molar-refractivity contribution >= 4 is 30.8 Å². The Hall–Kier alpha value is -3.65. The van der Waals surface area contributed by atoms with E-state index < -0.39 is 14.1 Å². The highest BCUT2D eigenvalue weighted by molar-refractivity contribution is 6.88. The summed E-state index contributed by atoms with van der Waals surface area (Å²) in [5, 5.41) is 7.01. The molecule has 0 aliphatic carbocycles. The largest absolute Gasteiger partial charge is 0.497 e. The maximum Gasteiger partial charge on any atom is 0.251 e. The van der Waals surface area contributed by atoms with Crippen LogP contribution in [0.2, 0.25) is 19.6 Å². The third kappa shape index (κ3) is 6.66. The van der Waals surface area contributed by atoms with Gasteiger partial charge in [0.1, 0.15) is 11.8 Å². The lowest BCUT2D eigenvalue weighted by Gasteiger charge is -2.20. The molecule has 0 bridgehead atoms. The molecule has 0 aliphatic rings. The van der Waals surface area contributed by atoms with Crippen LogP contribution < -0.4 is 26.1 Å². The number of benzene rings is 2. The quantitative estimate of drug-likeness (QED) is 0.447. The number of aromatic nitrogens is 1. The molecule has 3 N–H and O–H groups in total. The number of nitrogens with one attached hydrogen (secondary N) is 3. The minimum Gasteiger partial charge on any atom is -0.497 e. The zero-order valence-electron chi connectivity index (χ0n) is 19.3. The average molecular weight is 464 g/mol. The summed E-state index contributed by atoms with van der Waals surface area (Å²) in [6.45, 7) is 6.79. The number of amides is 2. The Labute approximate surface area is 194 Å². The van der Waals surface area contributed by atoms with Crippen LogP contribution in [0.3, 0.4) is 0 Å². The first-order valence-electron chi connectivity index (χ1n) is 10.7. The molecule has 0 fully saturated rings. The van der Waals surface area contributed by atoms with Crippen molar-refractivity contribution in [3.63, 3.8) is 0 Å². The molecule has 3 rings (SSSR count). The number of ether oxygens (including phenoxy) is 1. The van der Waals surface area contributed by atoms with E-state index in [0.29, 0.717) is 22.6 Å². The van der Waals surface area contributed by atoms with Gasteiger partial charge in [-0.05, 0) is 35.4 Å². The highest BCUT2D eigenvalue weighted by Gasteiger charge is 2.24. The molecule has 3 aromatic rings. The number of rotatable bonds is 8. The molecule has 0 saturated heterocycles. The van der Waals surface area contributed by atoms with E-state index in [2.05, 4.69) is 35.3 Å². The van der Waals surface area contributed by atoms with Crippen molar-refractivity contribution in [1.29, 1.82) is 0 Å². The van der Waals surface area contributed by atoms with E-state index in [1.807, 2.05) is 24.3 Å². The van der Waals surface area contributed by atoms with E-state index >= 15 is 0 Å². The van der Waals surface area contributed by atoms with Crippen LogP contribution in [0.15, 0.2) is 71.7 Å². The predicted octanol–water partition coefficient (Wildman–Crippen LogP) is 2.97. The molecule has 0 saturated carbocycles. The number of aromatic amines is 1. The Morgan fingerprint density at radius 2 is 1.64 bits per heavy atom. The second-order valence-corrected chi connectivity index (χ2v) is 13.9. The number of anilines is 1. The Bertz CT molecular complexity index is 1150. The first-order valence-corrected chi connectivity index (χ1v) is 14.2. The summed E-state index contributed by atoms with van der Waals surface area (Å²) in [7, 11) is 0.119. The Morgan fingerprint density at radius 1 is 0.970 bits per heavy atom. The second kappa shape index (κ2) is 10.3. The van der Waals surface area contributed by atoms with Gasteiger partial charge in [0, 0.05) is 18.0 Å². The number of hydrogen-bond acceptors (Lipinski definition) is 4. The van der Waals surface area contributed by atoms with Crippen LogP contribution in [0.4, 0.5) is 5.69 Å². The zero-order valence-corrected chi connectivity index (χ0v) is 20.3. The topological polar surface area (TPSA) is 100 Å². The maximum atomic E-state index is 13.2. The van der Waals surface area contributed by atoms with Gasteiger partial charge in [-0.3, -0.25) is 14.4 Å². The van der Waals surface area contributed by atoms with E-state index in [4.69, 9.17) is 4.74 Å². The Morgan fingerprint density at radius 3 is 2.18 bits per heavy atom. The van der Waals surface area contributed by atoms with Crippen LogP contribution in [-0.2, 0) is 16.0 Å². The van der Waals surface area contributed by atoms with Crippen molar-refractivity contribution in [3.05, 3.63) is 88.3 Å². The van der Waals surface area contributed by atoms with E-state index in [-0.39, 0.29) is 23.8 Å². The van der Waals surface area contributed by atoms with Crippen molar-refractivity contribution in [2.45, 2.75) is 32.1 Å². The maximum absolute atomic E-state index is 13.2. The fourth-order valence-electron chi connectivity index (χ4n) is 3.31. The van der Waals surface area contributed by atoms with Gasteiger partial charge in [-0.2, -0.15) is 0 Å². The Kier molecular flexibility index (Phi) is 7.50. The lowest BCUT2D eigenvalue weighted by Crippen LogP contribution is -2.38. The number of carbonyl (C=O) groups excluding carboxylic acids is 2. The van der Waals surface area contributed by atoms with Crippen LogP contribution in [0.25, 0.3) is 0 Å². The molecule has 8 heteroatoms. The van der Waals surface area contributed by atoms with Gasteiger partial charge in [-0.15, -0.1) is 0 Å². The summed E-state index contributed by atoms with van der Waals surface area (Å²) in [6.07, 6.45) is 1.52. The van der Waals surface area contributed by atoms with E-state index in [1.54, 1.807) is 37.4 Å². The van der Waals surface area contributed by atoms with Gasteiger partial charge in [-0.1, -0.05) is 55.2 Å². The molecule has 7 nitrogen and oxygen atoms in total. The van der Waals surface area contributed by atoms with Crippen LogP contribution in [0.5, 0.6) is 5.75 Å². The van der Waals surface area contributed by atoms with Crippen molar-refractivity contribution in [1.82, 2.24) is 10.3 Å². The second-order valence-electron chi connectivity index (χ2n) is 8.83. The third-order valence-electron chi connectivity index (χ3n) is 5.25. The third-order valence-corrected chi connectivity index (χ3v) is 7.31. The standard InChI is InChI=1S/C25H29N3O4Si/c1-32-20-10-6-18(7-11-20)24(28-23(30)15-17-5-14-22(29)26-16-17)25(31)27-19-8-12-21(13-9-19)33(2,3)4/h5-14,16,24H,15H2,1-4H3,(H,26,29)(H,27,31)(H,28,30)/t24-/m1/s1. The van der Waals surface area contributed by atoms with Gasteiger partial charge >= 0.3 is 0 Å². The molecule has 0 spiro atoms. The first kappa shape index (κ1) is 24.0. The summed E-state index contributed by atoms with van der Waals surface area (Å²) in [6, 6.07) is 16.9. The number of methoxy groups -OCH3 is 1. The normalized spacial score (nSPS) is 12.0. The van der Waals surface area contributed by atoms with E-state index in [1.165, 1.54) is 17.4 Å². The fraction of sp³-hybridized carbons (Fsp3) is 0.240. The lowest BCUT2D eigenvalue weighted by atomic mass is 10.0. The molecule has 33 heavy (non-hydrogen) atoms. The number of carbonyl (C=O) groups is 2. The first-order chi connectivity index (χ1) is 15.7. The summed E-state index contributed by atoms with van der Waals surface area (Å²) in [5.41, 5.74) is 1.69. The van der Waals surface area contributed by atoms with Gasteiger partial charge in [-0.25, -0.2) is 0 Å². The van der Waals surface area contributed by atoms with Crippen LogP contribution >= 0.6 is 0 Å². The number of H-pyrrole nitrogens is 1.